The Morgan fingerprint density at radius 3 is 2.88 bits per heavy atom. The second kappa shape index (κ2) is 4.07. The van der Waals surface area contributed by atoms with Gasteiger partial charge in [0.2, 0.25) is 0 Å². The highest BCUT2D eigenvalue weighted by Gasteiger charge is 2.18. The Morgan fingerprint density at radius 1 is 1.19 bits per heavy atom. The highest BCUT2D eigenvalue weighted by molar-refractivity contribution is 9.15. The largest absolute Gasteiger partial charge is 0.488 e. The molecule has 0 radical (unpaired) electrons. The van der Waals surface area contributed by atoms with Gasteiger partial charge in [-0.2, -0.15) is 11.3 Å². The molecule has 1 aromatic carbocycles. The van der Waals surface area contributed by atoms with Gasteiger partial charge in [0.05, 0.1) is 0 Å². The van der Waals surface area contributed by atoms with Crippen molar-refractivity contribution in [3.05, 3.63) is 52.2 Å². The first-order valence-corrected chi connectivity index (χ1v) is 6.73. The lowest BCUT2D eigenvalue weighted by molar-refractivity contribution is 0.365. The van der Waals surface area contributed by atoms with Crippen molar-refractivity contribution in [3.8, 4) is 5.75 Å². The van der Waals surface area contributed by atoms with Crippen molar-refractivity contribution >= 4 is 37.3 Å². The fraction of sp³-hybridized carbons (Fsp3) is 0.0769. The van der Waals surface area contributed by atoms with Crippen molar-refractivity contribution in [2.24, 2.45) is 0 Å². The van der Waals surface area contributed by atoms with Crippen molar-refractivity contribution in [3.63, 3.8) is 0 Å². The molecule has 0 aliphatic carbocycles. The highest BCUT2D eigenvalue weighted by Crippen LogP contribution is 2.40. The van der Waals surface area contributed by atoms with Gasteiger partial charge in [-0.25, -0.2) is 0 Å². The maximum absolute atomic E-state index is 5.75. The number of hydrogen-bond donors (Lipinski definition) is 0. The molecule has 0 N–H and O–H groups in total. The van der Waals surface area contributed by atoms with Gasteiger partial charge in [-0.1, -0.05) is 18.2 Å². The fourth-order valence-corrected chi connectivity index (χ4v) is 3.14. The first kappa shape index (κ1) is 10.1. The minimum Gasteiger partial charge on any atom is -0.488 e. The third-order valence-electron chi connectivity index (χ3n) is 2.63. The summed E-state index contributed by atoms with van der Waals surface area (Å²) in [5.74, 6) is 0.952. The van der Waals surface area contributed by atoms with Crippen LogP contribution in [-0.4, -0.2) is 6.61 Å². The molecule has 2 aromatic rings. The average molecular weight is 293 g/mol. The van der Waals surface area contributed by atoms with Crippen molar-refractivity contribution < 1.29 is 4.74 Å². The molecule has 1 aliphatic heterocycles. The smallest absolute Gasteiger partial charge is 0.128 e. The van der Waals surface area contributed by atoms with E-state index < -0.39 is 0 Å². The number of para-hydroxylation sites is 1. The van der Waals surface area contributed by atoms with Gasteiger partial charge in [0.15, 0.2) is 0 Å². The molecule has 16 heavy (non-hydrogen) atoms. The molecule has 1 aliphatic rings. The van der Waals surface area contributed by atoms with Gasteiger partial charge in [0.25, 0.3) is 0 Å². The van der Waals surface area contributed by atoms with Gasteiger partial charge in [0.1, 0.15) is 12.4 Å². The number of ether oxygens (including phenoxy) is 1. The van der Waals surface area contributed by atoms with E-state index in [1.807, 2.05) is 18.2 Å². The van der Waals surface area contributed by atoms with Crippen LogP contribution in [0.4, 0.5) is 0 Å². The van der Waals surface area contributed by atoms with E-state index >= 15 is 0 Å². The Kier molecular flexibility index (Phi) is 2.58. The zero-order valence-corrected chi connectivity index (χ0v) is 10.8. The number of rotatable bonds is 1. The fourth-order valence-electron chi connectivity index (χ4n) is 1.80. The monoisotopic (exact) mass is 292 g/mol. The zero-order valence-electron chi connectivity index (χ0n) is 8.44. The summed E-state index contributed by atoms with van der Waals surface area (Å²) in [4.78, 5) is 0. The molecule has 0 atom stereocenters. The average Bonchev–Trinajstić information content (AvgIpc) is 2.83. The molecule has 3 heteroatoms. The molecular weight excluding hydrogens is 284 g/mol. The standard InChI is InChI=1S/C13H9BrOS/c14-13-10-3-1-2-4-12(10)15-7-11(13)9-5-6-16-8-9/h1-6,8H,7H2. The van der Waals surface area contributed by atoms with Crippen LogP contribution in [0.25, 0.3) is 10.1 Å². The Morgan fingerprint density at radius 2 is 2.06 bits per heavy atom. The van der Waals surface area contributed by atoms with E-state index in [4.69, 9.17) is 4.74 Å². The van der Waals surface area contributed by atoms with Crippen LogP contribution in [0.2, 0.25) is 0 Å². The van der Waals surface area contributed by atoms with Gasteiger partial charge in [-0.05, 0) is 44.4 Å². The number of benzene rings is 1. The SMILES string of the molecule is BrC1=C(c2ccsc2)COc2ccccc21. The van der Waals surface area contributed by atoms with Gasteiger partial charge >= 0.3 is 0 Å². The van der Waals surface area contributed by atoms with Gasteiger partial charge in [0, 0.05) is 15.6 Å². The van der Waals surface area contributed by atoms with Crippen LogP contribution in [-0.2, 0) is 0 Å². The molecule has 2 heterocycles. The summed E-state index contributed by atoms with van der Waals surface area (Å²) in [5.41, 5.74) is 3.60. The first-order valence-electron chi connectivity index (χ1n) is 4.99. The predicted molar refractivity (Wildman–Crippen MR) is 72.0 cm³/mol. The summed E-state index contributed by atoms with van der Waals surface area (Å²) in [5, 5.41) is 4.23. The van der Waals surface area contributed by atoms with Crippen LogP contribution >= 0.6 is 27.3 Å². The summed E-state index contributed by atoms with van der Waals surface area (Å²) in [7, 11) is 0. The molecule has 0 spiro atoms. The van der Waals surface area contributed by atoms with E-state index in [1.165, 1.54) is 11.1 Å². The molecule has 0 fully saturated rings. The lowest BCUT2D eigenvalue weighted by atomic mass is 10.0. The summed E-state index contributed by atoms with van der Waals surface area (Å²) in [6.45, 7) is 0.633. The summed E-state index contributed by atoms with van der Waals surface area (Å²) >= 11 is 5.39. The minimum atomic E-state index is 0.633. The van der Waals surface area contributed by atoms with Crippen molar-refractivity contribution in [2.45, 2.75) is 0 Å². The van der Waals surface area contributed by atoms with E-state index in [2.05, 4.69) is 38.8 Å². The van der Waals surface area contributed by atoms with Crippen LogP contribution < -0.4 is 4.74 Å². The van der Waals surface area contributed by atoms with Gasteiger partial charge < -0.3 is 4.74 Å². The Bertz CT molecular complexity index is 543. The third-order valence-corrected chi connectivity index (χ3v) is 4.22. The second-order valence-electron chi connectivity index (χ2n) is 3.59. The lowest BCUT2D eigenvalue weighted by Gasteiger charge is -2.20. The molecule has 1 aromatic heterocycles. The van der Waals surface area contributed by atoms with Crippen LogP contribution in [0.5, 0.6) is 5.75 Å². The highest BCUT2D eigenvalue weighted by atomic mass is 79.9. The zero-order chi connectivity index (χ0) is 11.0. The quantitative estimate of drug-likeness (QED) is 0.757. The summed E-state index contributed by atoms with van der Waals surface area (Å²) in [6.07, 6.45) is 0. The van der Waals surface area contributed by atoms with E-state index in [-0.39, 0.29) is 0 Å². The number of fused-ring (bicyclic) bond motifs is 1. The number of halogens is 1. The van der Waals surface area contributed by atoms with E-state index in [9.17, 15) is 0 Å². The molecule has 0 unspecified atom stereocenters. The maximum Gasteiger partial charge on any atom is 0.128 e. The third kappa shape index (κ3) is 1.60. The molecule has 1 nitrogen and oxygen atoms in total. The van der Waals surface area contributed by atoms with Crippen LogP contribution in [0, 0.1) is 0 Å². The molecule has 0 saturated heterocycles. The van der Waals surface area contributed by atoms with E-state index in [1.54, 1.807) is 11.3 Å². The molecule has 80 valence electrons. The molecule has 3 rings (SSSR count). The predicted octanol–water partition coefficient (Wildman–Crippen LogP) is 4.40. The molecule has 0 saturated carbocycles. The molecule has 0 amide bonds. The van der Waals surface area contributed by atoms with Gasteiger partial charge in [-0.3, -0.25) is 0 Å². The number of thiophene rings is 1. The van der Waals surface area contributed by atoms with E-state index in [0.717, 1.165) is 15.8 Å². The second-order valence-corrected chi connectivity index (χ2v) is 5.16. The Balaban J connectivity index is 2.16. The van der Waals surface area contributed by atoms with Crippen LogP contribution in [0.1, 0.15) is 11.1 Å². The first-order chi connectivity index (χ1) is 7.86. The number of hydrogen-bond acceptors (Lipinski definition) is 2. The summed E-state index contributed by atoms with van der Waals surface area (Å²) in [6, 6.07) is 10.2. The Labute approximate surface area is 107 Å². The normalized spacial score (nSPS) is 14.6. The molecular formula is C13H9BrOS. The Hall–Kier alpha value is -1.06. The van der Waals surface area contributed by atoms with Crippen LogP contribution in [0.3, 0.4) is 0 Å². The van der Waals surface area contributed by atoms with Crippen molar-refractivity contribution in [1.82, 2.24) is 0 Å². The maximum atomic E-state index is 5.75. The topological polar surface area (TPSA) is 9.23 Å². The molecule has 0 bridgehead atoms. The van der Waals surface area contributed by atoms with Crippen LogP contribution in [0.15, 0.2) is 41.1 Å². The summed E-state index contributed by atoms with van der Waals surface area (Å²) < 4.78 is 6.89. The lowest BCUT2D eigenvalue weighted by Crippen LogP contribution is -2.07. The van der Waals surface area contributed by atoms with E-state index in [0.29, 0.717) is 6.61 Å². The minimum absolute atomic E-state index is 0.633. The van der Waals surface area contributed by atoms with Crippen molar-refractivity contribution in [1.29, 1.82) is 0 Å². The van der Waals surface area contributed by atoms with Gasteiger partial charge in [-0.15, -0.1) is 0 Å². The van der Waals surface area contributed by atoms with Crippen molar-refractivity contribution in [2.75, 3.05) is 6.61 Å².